The molecule has 8 aromatic rings. The minimum atomic E-state index is 0.393. The van der Waals surface area contributed by atoms with E-state index in [9.17, 15) is 0 Å². The molecule has 65 heavy (non-hydrogen) atoms. The maximum Gasteiger partial charge on any atom is 0.0546 e. The molecule has 0 unspecified atom stereocenters. The smallest absolute Gasteiger partial charge is 0.0546 e. The number of hydrogen-bond acceptors (Lipinski definition) is 2. The van der Waals surface area contributed by atoms with Crippen LogP contribution in [0.25, 0.3) is 32.3 Å². The highest BCUT2D eigenvalue weighted by Crippen LogP contribution is 2.49. The van der Waals surface area contributed by atoms with Gasteiger partial charge in [0, 0.05) is 33.5 Å². The molecule has 0 atom stereocenters. The second-order valence-corrected chi connectivity index (χ2v) is 20.4. The van der Waals surface area contributed by atoms with Gasteiger partial charge in [0.2, 0.25) is 0 Å². The van der Waals surface area contributed by atoms with Crippen LogP contribution in [-0.2, 0) is 0 Å². The van der Waals surface area contributed by atoms with Crippen LogP contribution in [0.15, 0.2) is 152 Å². The van der Waals surface area contributed by atoms with Crippen LogP contribution in [0.3, 0.4) is 0 Å². The molecule has 2 aliphatic rings. The van der Waals surface area contributed by atoms with Crippen molar-refractivity contribution in [3.05, 3.63) is 179 Å². The predicted octanol–water partition coefficient (Wildman–Crippen LogP) is 19.6. The number of fused-ring (bicyclic) bond motifs is 5. The Morgan fingerprint density at radius 1 is 0.323 bits per heavy atom. The van der Waals surface area contributed by atoms with Crippen molar-refractivity contribution in [2.24, 2.45) is 0 Å². The molecule has 0 amide bonds. The SMILES string of the molecule is CC(C)c1ccc(N(c2ccc(C3CCCCC3)cc2)c2cc3c4ccc(C(C)C)cc4c(N(c4ccc(C(C)C)cc4)c4ccc(C5CCCCC5)cc4)cc3c3ccccc23)cc1. The number of anilines is 6. The van der Waals surface area contributed by atoms with Gasteiger partial charge in [-0.05, 0) is 171 Å². The van der Waals surface area contributed by atoms with Crippen molar-refractivity contribution in [3.63, 3.8) is 0 Å². The van der Waals surface area contributed by atoms with Crippen molar-refractivity contribution in [3.8, 4) is 0 Å². The summed E-state index contributed by atoms with van der Waals surface area (Å²) in [5.41, 5.74) is 14.2. The lowest BCUT2D eigenvalue weighted by molar-refractivity contribution is 0.443. The Kier molecular flexibility index (Phi) is 12.3. The molecule has 10 rings (SSSR count). The van der Waals surface area contributed by atoms with Crippen LogP contribution in [0, 0.1) is 0 Å². The van der Waals surface area contributed by atoms with Crippen molar-refractivity contribution in [1.82, 2.24) is 0 Å². The van der Waals surface area contributed by atoms with Crippen LogP contribution < -0.4 is 9.80 Å². The Bertz CT molecular complexity index is 2890. The van der Waals surface area contributed by atoms with Crippen molar-refractivity contribution in [2.45, 2.75) is 135 Å². The summed E-state index contributed by atoms with van der Waals surface area (Å²) in [5, 5.41) is 7.62. The van der Waals surface area contributed by atoms with Crippen LogP contribution in [-0.4, -0.2) is 0 Å². The van der Waals surface area contributed by atoms with E-state index in [2.05, 4.69) is 203 Å². The van der Waals surface area contributed by atoms with E-state index in [1.54, 1.807) is 0 Å². The summed E-state index contributed by atoms with van der Waals surface area (Å²) in [6.45, 7) is 13.8. The van der Waals surface area contributed by atoms with Gasteiger partial charge in [0.05, 0.1) is 11.4 Å². The second-order valence-electron chi connectivity index (χ2n) is 20.4. The summed E-state index contributed by atoms with van der Waals surface area (Å²) in [6.07, 6.45) is 13.3. The molecule has 2 saturated carbocycles. The van der Waals surface area contributed by atoms with Crippen molar-refractivity contribution < 1.29 is 0 Å². The van der Waals surface area contributed by atoms with Gasteiger partial charge in [-0.15, -0.1) is 0 Å². The zero-order valence-corrected chi connectivity index (χ0v) is 39.8. The molecule has 0 N–H and O–H groups in total. The molecule has 8 aromatic carbocycles. The number of benzene rings is 8. The fourth-order valence-electron chi connectivity index (χ4n) is 11.2. The molecule has 0 aromatic heterocycles. The van der Waals surface area contributed by atoms with Gasteiger partial charge >= 0.3 is 0 Å². The Balaban J connectivity index is 1.21. The molecular weight excluding hydrogens is 785 g/mol. The maximum atomic E-state index is 2.54. The van der Waals surface area contributed by atoms with E-state index in [0.717, 1.165) is 0 Å². The lowest BCUT2D eigenvalue weighted by Gasteiger charge is -2.31. The minimum Gasteiger partial charge on any atom is -0.310 e. The highest BCUT2D eigenvalue weighted by atomic mass is 15.2. The first-order chi connectivity index (χ1) is 31.7. The minimum absolute atomic E-state index is 0.393. The van der Waals surface area contributed by atoms with E-state index in [1.165, 1.54) is 158 Å². The molecule has 0 aliphatic heterocycles. The standard InChI is InChI=1S/C63H68N2/c1-42(2)45-21-30-52(31-22-45)64(54-34-25-49(26-35-54)47-15-9-7-10-16-47)62-40-60-57-38-29-51(44(5)6)39-61(57)63(41-59(60)56-19-13-14-20-58(56)62)65(53-32-23-46(24-33-53)43(3)4)55-36-27-50(28-37-55)48-17-11-8-12-18-48/h13-14,19-44,47-48H,7-12,15-18H2,1-6H3. The van der Waals surface area contributed by atoms with Crippen molar-refractivity contribution in [2.75, 3.05) is 9.80 Å². The van der Waals surface area contributed by atoms with E-state index >= 15 is 0 Å². The molecule has 0 spiro atoms. The highest BCUT2D eigenvalue weighted by Gasteiger charge is 2.24. The monoisotopic (exact) mass is 853 g/mol. The number of nitrogens with zero attached hydrogens (tertiary/aromatic N) is 2. The fourth-order valence-corrected chi connectivity index (χ4v) is 11.2. The topological polar surface area (TPSA) is 6.48 Å². The fraction of sp³-hybridized carbons (Fsp3) is 0.333. The second kappa shape index (κ2) is 18.6. The Labute approximate surface area is 389 Å². The highest BCUT2D eigenvalue weighted by molar-refractivity contribution is 6.24. The van der Waals surface area contributed by atoms with Crippen LogP contribution in [0.5, 0.6) is 0 Å². The lowest BCUT2D eigenvalue weighted by Crippen LogP contribution is -2.13. The summed E-state index contributed by atoms with van der Waals surface area (Å²) >= 11 is 0. The first-order valence-electron chi connectivity index (χ1n) is 25.1. The molecule has 330 valence electrons. The largest absolute Gasteiger partial charge is 0.310 e. The molecule has 2 fully saturated rings. The predicted molar refractivity (Wildman–Crippen MR) is 282 cm³/mol. The van der Waals surface area contributed by atoms with Gasteiger partial charge in [0.1, 0.15) is 0 Å². The van der Waals surface area contributed by atoms with E-state index in [0.29, 0.717) is 29.6 Å². The van der Waals surface area contributed by atoms with E-state index < -0.39 is 0 Å². The van der Waals surface area contributed by atoms with E-state index in [1.807, 2.05) is 0 Å². The van der Waals surface area contributed by atoms with Crippen LogP contribution in [0.1, 0.15) is 163 Å². The molecule has 2 nitrogen and oxygen atoms in total. The molecule has 0 heterocycles. The number of rotatable bonds is 11. The molecule has 2 heteroatoms. The van der Waals surface area contributed by atoms with Crippen LogP contribution in [0.4, 0.5) is 34.1 Å². The molecule has 0 radical (unpaired) electrons. The average molecular weight is 853 g/mol. The third kappa shape index (κ3) is 8.58. The van der Waals surface area contributed by atoms with Gasteiger partial charge in [0.25, 0.3) is 0 Å². The van der Waals surface area contributed by atoms with Crippen LogP contribution >= 0.6 is 0 Å². The summed E-state index contributed by atoms with van der Waals surface area (Å²) in [5.74, 6) is 2.65. The molecular formula is C63H68N2. The van der Waals surface area contributed by atoms with Gasteiger partial charge in [-0.25, -0.2) is 0 Å². The summed E-state index contributed by atoms with van der Waals surface area (Å²) in [4.78, 5) is 5.06. The Morgan fingerprint density at radius 3 is 1.09 bits per heavy atom. The zero-order valence-electron chi connectivity index (χ0n) is 39.8. The molecule has 2 aliphatic carbocycles. The van der Waals surface area contributed by atoms with E-state index in [4.69, 9.17) is 0 Å². The summed E-state index contributed by atoms with van der Waals surface area (Å²) in [7, 11) is 0. The summed E-state index contributed by atoms with van der Waals surface area (Å²) < 4.78 is 0. The zero-order chi connectivity index (χ0) is 44.6. The first-order valence-corrected chi connectivity index (χ1v) is 25.1. The van der Waals surface area contributed by atoms with Gasteiger partial charge in [-0.1, -0.05) is 165 Å². The first kappa shape index (κ1) is 43.1. The normalized spacial score (nSPS) is 15.2. The number of hydrogen-bond donors (Lipinski definition) is 0. The quantitative estimate of drug-likeness (QED) is 0.120. The van der Waals surface area contributed by atoms with Gasteiger partial charge in [-0.2, -0.15) is 0 Å². The van der Waals surface area contributed by atoms with E-state index in [-0.39, 0.29) is 0 Å². The van der Waals surface area contributed by atoms with Gasteiger partial charge in [-0.3, -0.25) is 0 Å². The Hall–Kier alpha value is -5.86. The lowest BCUT2D eigenvalue weighted by atomic mass is 9.84. The third-order valence-corrected chi connectivity index (χ3v) is 15.2. The molecule has 0 saturated heterocycles. The Morgan fingerprint density at radius 2 is 0.677 bits per heavy atom. The van der Waals surface area contributed by atoms with Crippen molar-refractivity contribution >= 4 is 66.4 Å². The maximum absolute atomic E-state index is 2.54. The third-order valence-electron chi connectivity index (χ3n) is 15.2. The van der Waals surface area contributed by atoms with Crippen molar-refractivity contribution in [1.29, 1.82) is 0 Å². The van der Waals surface area contributed by atoms with Crippen LogP contribution in [0.2, 0.25) is 0 Å². The van der Waals surface area contributed by atoms with Gasteiger partial charge < -0.3 is 9.80 Å². The summed E-state index contributed by atoms with van der Waals surface area (Å²) in [6, 6.07) is 59.4. The average Bonchev–Trinajstić information content (AvgIpc) is 3.35. The van der Waals surface area contributed by atoms with Gasteiger partial charge in [0.15, 0.2) is 0 Å². The molecule has 0 bridgehead atoms.